The van der Waals surface area contributed by atoms with Gasteiger partial charge in [0.25, 0.3) is 5.91 Å². The van der Waals surface area contributed by atoms with Gasteiger partial charge in [0.1, 0.15) is 11.5 Å². The molecule has 136 valence electrons. The van der Waals surface area contributed by atoms with Crippen molar-refractivity contribution in [1.82, 2.24) is 15.3 Å². The second-order valence-electron chi connectivity index (χ2n) is 7.48. The third kappa shape index (κ3) is 3.71. The highest BCUT2D eigenvalue weighted by atomic mass is 16.1. The van der Waals surface area contributed by atoms with Gasteiger partial charge in [-0.3, -0.25) is 4.79 Å². The molecule has 1 aromatic heterocycles. The summed E-state index contributed by atoms with van der Waals surface area (Å²) in [5.74, 6) is 3.15. The quantitative estimate of drug-likeness (QED) is 0.833. The molecule has 0 spiro atoms. The number of hydrogen-bond acceptors (Lipinski definition) is 4. The maximum atomic E-state index is 11.7. The summed E-state index contributed by atoms with van der Waals surface area (Å²) in [7, 11) is 0. The third-order valence-electron chi connectivity index (χ3n) is 5.59. The molecule has 2 fully saturated rings. The Bertz CT molecular complexity index is 740. The second kappa shape index (κ2) is 7.44. The molecule has 2 heterocycles. The lowest BCUT2D eigenvalue weighted by Crippen LogP contribution is -2.47. The molecule has 5 heteroatoms. The van der Waals surface area contributed by atoms with Crippen LogP contribution in [0.2, 0.25) is 0 Å². The number of aromatic nitrogens is 2. The smallest absolute Gasteiger partial charge is 0.271 e. The van der Waals surface area contributed by atoms with E-state index in [2.05, 4.69) is 50.5 Å². The molecule has 1 amide bonds. The van der Waals surface area contributed by atoms with Crippen LogP contribution in [0.1, 0.15) is 48.2 Å². The average molecular weight is 350 g/mol. The standard InChI is InChI=1S/C21H26N4O/c1-2-22-21(26)19-11-24-20(12-23-19)25-13-15(14-25)8-9-17-10-18(17)16-6-4-3-5-7-16/h3-7,11-12,15,17-18H,2,8-10,13-14H2,1H3,(H,22,26). The Morgan fingerprint density at radius 1 is 1.15 bits per heavy atom. The number of rotatable bonds is 7. The summed E-state index contributed by atoms with van der Waals surface area (Å²) in [5, 5.41) is 2.74. The fourth-order valence-electron chi connectivity index (χ4n) is 3.92. The number of hydrogen-bond donors (Lipinski definition) is 1. The van der Waals surface area contributed by atoms with E-state index in [1.807, 2.05) is 6.92 Å². The van der Waals surface area contributed by atoms with Gasteiger partial charge in [-0.25, -0.2) is 9.97 Å². The molecule has 2 aromatic rings. The largest absolute Gasteiger partial charge is 0.355 e. The third-order valence-corrected chi connectivity index (χ3v) is 5.59. The minimum absolute atomic E-state index is 0.162. The lowest BCUT2D eigenvalue weighted by atomic mass is 9.93. The van der Waals surface area contributed by atoms with Crippen LogP contribution < -0.4 is 10.2 Å². The Hall–Kier alpha value is -2.43. The van der Waals surface area contributed by atoms with E-state index >= 15 is 0 Å². The van der Waals surface area contributed by atoms with Crippen molar-refractivity contribution in [3.05, 3.63) is 54.0 Å². The summed E-state index contributed by atoms with van der Waals surface area (Å²) < 4.78 is 0. The number of nitrogens with zero attached hydrogens (tertiary/aromatic N) is 3. The molecule has 4 rings (SSSR count). The predicted octanol–water partition coefficient (Wildman–Crippen LogP) is 3.25. The van der Waals surface area contributed by atoms with Crippen LogP contribution in [0.4, 0.5) is 5.82 Å². The molecular weight excluding hydrogens is 324 g/mol. The number of nitrogens with one attached hydrogen (secondary N) is 1. The molecule has 1 aliphatic carbocycles. The fourth-order valence-corrected chi connectivity index (χ4v) is 3.92. The number of anilines is 1. The van der Waals surface area contributed by atoms with Crippen LogP contribution in [-0.4, -0.2) is 35.5 Å². The minimum atomic E-state index is -0.162. The summed E-state index contributed by atoms with van der Waals surface area (Å²) in [6.45, 7) is 4.60. The molecule has 26 heavy (non-hydrogen) atoms. The summed E-state index contributed by atoms with van der Waals surface area (Å²) in [6.07, 6.45) is 7.28. The van der Waals surface area contributed by atoms with Gasteiger partial charge in [0, 0.05) is 19.6 Å². The van der Waals surface area contributed by atoms with Crippen LogP contribution in [0.25, 0.3) is 0 Å². The highest BCUT2D eigenvalue weighted by Gasteiger charge is 2.39. The number of amides is 1. The molecule has 0 radical (unpaired) electrons. The van der Waals surface area contributed by atoms with E-state index in [0.717, 1.165) is 36.7 Å². The first kappa shape index (κ1) is 17.0. The molecule has 1 saturated carbocycles. The van der Waals surface area contributed by atoms with Gasteiger partial charge in [0.2, 0.25) is 0 Å². The van der Waals surface area contributed by atoms with Crippen molar-refractivity contribution in [3.8, 4) is 0 Å². The maximum absolute atomic E-state index is 11.7. The number of carbonyl (C=O) groups is 1. The Morgan fingerprint density at radius 3 is 2.65 bits per heavy atom. The first-order valence-corrected chi connectivity index (χ1v) is 9.64. The fraction of sp³-hybridized carbons (Fsp3) is 0.476. The predicted molar refractivity (Wildman–Crippen MR) is 102 cm³/mol. The van der Waals surface area contributed by atoms with Crippen LogP contribution >= 0.6 is 0 Å². The average Bonchev–Trinajstić information content (AvgIpc) is 3.41. The van der Waals surface area contributed by atoms with Crippen molar-refractivity contribution in [3.63, 3.8) is 0 Å². The summed E-state index contributed by atoms with van der Waals surface area (Å²) in [4.78, 5) is 22.6. The highest BCUT2D eigenvalue weighted by Crippen LogP contribution is 2.50. The van der Waals surface area contributed by atoms with E-state index in [-0.39, 0.29) is 5.91 Å². The van der Waals surface area contributed by atoms with Crippen LogP contribution in [0.3, 0.4) is 0 Å². The van der Waals surface area contributed by atoms with E-state index in [1.54, 1.807) is 12.4 Å². The van der Waals surface area contributed by atoms with Crippen molar-refractivity contribution in [2.24, 2.45) is 11.8 Å². The molecule has 2 atom stereocenters. The zero-order valence-electron chi connectivity index (χ0n) is 15.3. The van der Waals surface area contributed by atoms with Gasteiger partial charge >= 0.3 is 0 Å². The van der Waals surface area contributed by atoms with Crippen LogP contribution in [-0.2, 0) is 0 Å². The molecule has 1 saturated heterocycles. The summed E-state index contributed by atoms with van der Waals surface area (Å²) in [6, 6.07) is 10.9. The lowest BCUT2D eigenvalue weighted by Gasteiger charge is -2.40. The second-order valence-corrected chi connectivity index (χ2v) is 7.48. The van der Waals surface area contributed by atoms with Gasteiger partial charge in [-0.05, 0) is 49.5 Å². The molecule has 1 N–H and O–H groups in total. The van der Waals surface area contributed by atoms with Crippen molar-refractivity contribution in [2.75, 3.05) is 24.5 Å². The number of benzene rings is 1. The topological polar surface area (TPSA) is 58.1 Å². The first-order chi connectivity index (χ1) is 12.7. The molecule has 0 bridgehead atoms. The van der Waals surface area contributed by atoms with E-state index < -0.39 is 0 Å². The number of carbonyl (C=O) groups excluding carboxylic acids is 1. The van der Waals surface area contributed by atoms with E-state index in [4.69, 9.17) is 0 Å². The van der Waals surface area contributed by atoms with Crippen LogP contribution in [0.15, 0.2) is 42.7 Å². The highest BCUT2D eigenvalue weighted by molar-refractivity contribution is 5.91. The van der Waals surface area contributed by atoms with Crippen LogP contribution in [0.5, 0.6) is 0 Å². The van der Waals surface area contributed by atoms with Crippen molar-refractivity contribution in [2.45, 2.75) is 32.1 Å². The van der Waals surface area contributed by atoms with Gasteiger partial charge < -0.3 is 10.2 Å². The zero-order valence-corrected chi connectivity index (χ0v) is 15.3. The molecule has 5 nitrogen and oxygen atoms in total. The van der Waals surface area contributed by atoms with Crippen molar-refractivity contribution < 1.29 is 4.79 Å². The Morgan fingerprint density at radius 2 is 1.96 bits per heavy atom. The van der Waals surface area contributed by atoms with E-state index in [1.165, 1.54) is 24.8 Å². The molecule has 2 aliphatic rings. The molecule has 1 aliphatic heterocycles. The van der Waals surface area contributed by atoms with Gasteiger partial charge in [-0.2, -0.15) is 0 Å². The maximum Gasteiger partial charge on any atom is 0.271 e. The molecule has 2 unspecified atom stereocenters. The Labute approximate surface area is 154 Å². The van der Waals surface area contributed by atoms with E-state index in [0.29, 0.717) is 12.2 Å². The SMILES string of the molecule is CCNC(=O)c1cnc(N2CC(CCC3CC3c3ccccc3)C2)cn1. The lowest BCUT2D eigenvalue weighted by molar-refractivity contribution is 0.0950. The molecular formula is C21H26N4O. The Balaban J connectivity index is 1.20. The monoisotopic (exact) mass is 350 g/mol. The van der Waals surface area contributed by atoms with Gasteiger partial charge in [-0.15, -0.1) is 0 Å². The summed E-state index contributed by atoms with van der Waals surface area (Å²) >= 11 is 0. The van der Waals surface area contributed by atoms with Gasteiger partial charge in [-0.1, -0.05) is 30.3 Å². The molecule has 1 aromatic carbocycles. The van der Waals surface area contributed by atoms with E-state index in [9.17, 15) is 4.79 Å². The normalized spacial score (nSPS) is 22.0. The van der Waals surface area contributed by atoms with Gasteiger partial charge in [0.15, 0.2) is 0 Å². The van der Waals surface area contributed by atoms with Crippen molar-refractivity contribution >= 4 is 11.7 Å². The van der Waals surface area contributed by atoms with Gasteiger partial charge in [0.05, 0.1) is 12.4 Å². The van der Waals surface area contributed by atoms with Crippen molar-refractivity contribution in [1.29, 1.82) is 0 Å². The first-order valence-electron chi connectivity index (χ1n) is 9.64. The summed E-state index contributed by atoms with van der Waals surface area (Å²) in [5.41, 5.74) is 1.89. The Kier molecular flexibility index (Phi) is 4.87. The zero-order chi connectivity index (χ0) is 17.9. The minimum Gasteiger partial charge on any atom is -0.355 e. The van der Waals surface area contributed by atoms with Crippen LogP contribution in [0, 0.1) is 11.8 Å².